The molecule has 4 heterocycles. The van der Waals surface area contributed by atoms with Gasteiger partial charge in [0.05, 0.1) is 28.5 Å². The van der Waals surface area contributed by atoms with E-state index < -0.39 is 0 Å². The molecule has 2 N–H and O–H groups in total. The molecule has 2 aromatic heterocycles. The average Bonchev–Trinajstić information content (AvgIpc) is 3.55. The van der Waals surface area contributed by atoms with E-state index in [1.807, 2.05) is 42.5 Å². The summed E-state index contributed by atoms with van der Waals surface area (Å²) in [4.78, 5) is 12.5. The van der Waals surface area contributed by atoms with Crippen LogP contribution in [0.1, 0.15) is 55.8 Å². The monoisotopic (exact) mass is 683 g/mol. The largest absolute Gasteiger partial charge is 0.481 e. The van der Waals surface area contributed by atoms with Crippen LogP contribution in [0.2, 0.25) is 10.0 Å². The summed E-state index contributed by atoms with van der Waals surface area (Å²) in [5, 5.41) is 8.17. The van der Waals surface area contributed by atoms with Crippen LogP contribution in [-0.4, -0.2) is 47.7 Å². The van der Waals surface area contributed by atoms with Gasteiger partial charge in [0.25, 0.3) is 0 Å². The number of aromatic nitrogens is 2. The molecule has 2 fully saturated rings. The van der Waals surface area contributed by atoms with Gasteiger partial charge in [0, 0.05) is 64.9 Å². The number of hydrogen-bond donors (Lipinski definition) is 2. The Labute approximate surface area is 296 Å². The highest BCUT2D eigenvalue weighted by Gasteiger charge is 2.20. The van der Waals surface area contributed by atoms with Crippen LogP contribution in [0.25, 0.3) is 33.6 Å². The number of allylic oxidation sites excluding steroid dienone is 1. The summed E-state index contributed by atoms with van der Waals surface area (Å²) in [6, 6.07) is 20.9. The number of methoxy groups -OCH3 is 1. The molecule has 252 valence electrons. The smallest absolute Gasteiger partial charge is 0.218 e. The molecular weight excluding hydrogens is 637 g/mol. The third kappa shape index (κ3) is 8.30. The molecule has 2 saturated heterocycles. The molecule has 2 aromatic carbocycles. The zero-order valence-electron chi connectivity index (χ0n) is 28.3. The van der Waals surface area contributed by atoms with E-state index >= 15 is 0 Å². The lowest BCUT2D eigenvalue weighted by Crippen LogP contribution is -2.33. The van der Waals surface area contributed by atoms with Crippen LogP contribution >= 0.6 is 23.2 Å². The Bertz CT molecular complexity index is 1720. The maximum Gasteiger partial charge on any atom is 0.218 e. The minimum atomic E-state index is 0.408. The Kier molecular flexibility index (Phi) is 12.7. The fourth-order valence-electron chi connectivity index (χ4n) is 6.61. The Morgan fingerprint density at radius 2 is 1.46 bits per heavy atom. The Hall–Kier alpha value is -3.68. The lowest BCUT2D eigenvalue weighted by atomic mass is 9.97. The first-order valence-corrected chi connectivity index (χ1v) is 17.7. The fourth-order valence-corrected chi connectivity index (χ4v) is 7.26. The number of nitrogens with one attached hydrogen (secondary N) is 2. The van der Waals surface area contributed by atoms with E-state index in [4.69, 9.17) is 37.9 Å². The van der Waals surface area contributed by atoms with Crippen molar-refractivity contribution in [2.75, 3.05) is 26.7 Å². The first-order valence-electron chi connectivity index (χ1n) is 16.9. The van der Waals surface area contributed by atoms with Gasteiger partial charge in [0.2, 0.25) is 5.88 Å². The Morgan fingerprint density at radius 3 is 2.04 bits per heavy atom. The molecule has 0 radical (unpaired) electrons. The molecule has 2 aliphatic heterocycles. The van der Waals surface area contributed by atoms with Gasteiger partial charge in [-0.1, -0.05) is 91.7 Å². The van der Waals surface area contributed by atoms with Crippen LogP contribution in [0.3, 0.4) is 0 Å². The SMILES string of the molecule is C=C.C=C1CCC(CNCc2ccc(-c3cccc(-c4cccc(-c5ccc(CN6CCCCC6)c(CC)n5)c4Cl)c3Cl)nc2OC)N1. The van der Waals surface area contributed by atoms with Crippen molar-refractivity contribution in [3.63, 3.8) is 0 Å². The summed E-state index contributed by atoms with van der Waals surface area (Å²) in [5.74, 6) is 0.580. The van der Waals surface area contributed by atoms with Gasteiger partial charge in [-0.25, -0.2) is 4.98 Å². The van der Waals surface area contributed by atoms with Crippen molar-refractivity contribution < 1.29 is 4.74 Å². The second kappa shape index (κ2) is 17.1. The standard InChI is InChI=1S/C38H43Cl2N5O.C2H4/c1-4-33-27(24-45-20-6-5-7-21-45)16-19-34(43-33)31-12-8-10-29(36(31)39)30-11-9-13-32(37(30)40)35-18-15-26(38(44-35)46-3)22-41-23-28-17-14-25(2)42-28;1-2/h8-13,15-16,18-19,28,41-42H,2,4-7,14,17,20-24H2,1,3H3;1-2H2. The van der Waals surface area contributed by atoms with E-state index in [0.29, 0.717) is 28.5 Å². The van der Waals surface area contributed by atoms with Gasteiger partial charge in [-0.2, -0.15) is 0 Å². The maximum absolute atomic E-state index is 7.15. The highest BCUT2D eigenvalue weighted by molar-refractivity contribution is 6.39. The van der Waals surface area contributed by atoms with Crippen molar-refractivity contribution in [1.82, 2.24) is 25.5 Å². The predicted molar refractivity (Wildman–Crippen MR) is 202 cm³/mol. The molecule has 1 unspecified atom stereocenters. The van der Waals surface area contributed by atoms with Crippen LogP contribution in [-0.2, 0) is 19.5 Å². The quantitative estimate of drug-likeness (QED) is 0.154. The van der Waals surface area contributed by atoms with Gasteiger partial charge in [0.1, 0.15) is 0 Å². The highest BCUT2D eigenvalue weighted by Crippen LogP contribution is 2.42. The van der Waals surface area contributed by atoms with E-state index in [1.165, 1.54) is 24.8 Å². The molecule has 4 aromatic rings. The van der Waals surface area contributed by atoms with Gasteiger partial charge in [-0.05, 0) is 62.9 Å². The predicted octanol–water partition coefficient (Wildman–Crippen LogP) is 9.50. The van der Waals surface area contributed by atoms with Crippen molar-refractivity contribution >= 4 is 23.2 Å². The van der Waals surface area contributed by atoms with Crippen LogP contribution < -0.4 is 15.4 Å². The molecule has 0 saturated carbocycles. The maximum atomic E-state index is 7.15. The van der Waals surface area contributed by atoms with Gasteiger partial charge in [-0.15, -0.1) is 13.2 Å². The molecule has 0 aliphatic carbocycles. The Morgan fingerprint density at radius 1 is 0.854 bits per heavy atom. The third-order valence-corrected chi connectivity index (χ3v) is 9.94. The van der Waals surface area contributed by atoms with Gasteiger partial charge < -0.3 is 15.4 Å². The van der Waals surface area contributed by atoms with Gasteiger partial charge >= 0.3 is 0 Å². The number of ether oxygens (including phenoxy) is 1. The summed E-state index contributed by atoms with van der Waals surface area (Å²) in [7, 11) is 1.65. The molecule has 8 heteroatoms. The van der Waals surface area contributed by atoms with Crippen LogP contribution in [0.5, 0.6) is 5.88 Å². The van der Waals surface area contributed by atoms with Crippen LogP contribution in [0.15, 0.2) is 86.1 Å². The fraction of sp³-hybridized carbons (Fsp3) is 0.350. The van der Waals surface area contributed by atoms with Crippen molar-refractivity contribution in [2.24, 2.45) is 0 Å². The van der Waals surface area contributed by atoms with Crippen molar-refractivity contribution in [3.05, 3.63) is 113 Å². The number of hydrogen-bond acceptors (Lipinski definition) is 6. The minimum Gasteiger partial charge on any atom is -0.481 e. The summed E-state index contributed by atoms with van der Waals surface area (Å²) in [6.45, 7) is 17.0. The van der Waals surface area contributed by atoms with Crippen LogP contribution in [0, 0.1) is 0 Å². The third-order valence-electron chi connectivity index (χ3n) is 9.13. The lowest BCUT2D eigenvalue weighted by Gasteiger charge is -2.27. The normalized spacial score (nSPS) is 16.2. The van der Waals surface area contributed by atoms with E-state index in [9.17, 15) is 0 Å². The van der Waals surface area contributed by atoms with E-state index in [-0.39, 0.29) is 0 Å². The minimum absolute atomic E-state index is 0.408. The number of benzene rings is 2. The zero-order valence-corrected chi connectivity index (χ0v) is 29.8. The highest BCUT2D eigenvalue weighted by atomic mass is 35.5. The number of piperidine rings is 1. The molecule has 0 amide bonds. The topological polar surface area (TPSA) is 62.3 Å². The summed E-state index contributed by atoms with van der Waals surface area (Å²) in [5.41, 5.74) is 9.58. The zero-order chi connectivity index (χ0) is 34.0. The molecule has 2 aliphatic rings. The molecule has 0 spiro atoms. The molecule has 6 rings (SSSR count). The first kappa shape index (κ1) is 35.6. The molecule has 1 atom stereocenters. The van der Waals surface area contributed by atoms with Gasteiger partial charge in [0.15, 0.2) is 0 Å². The summed E-state index contributed by atoms with van der Waals surface area (Å²) in [6.07, 6.45) is 6.90. The summed E-state index contributed by atoms with van der Waals surface area (Å²) >= 11 is 14.3. The average molecular weight is 685 g/mol. The van der Waals surface area contributed by atoms with E-state index in [1.54, 1.807) is 7.11 Å². The lowest BCUT2D eigenvalue weighted by molar-refractivity contribution is 0.220. The second-order valence-electron chi connectivity index (χ2n) is 12.3. The van der Waals surface area contributed by atoms with E-state index in [2.05, 4.69) is 60.4 Å². The van der Waals surface area contributed by atoms with Crippen LogP contribution in [0.4, 0.5) is 0 Å². The second-order valence-corrected chi connectivity index (χ2v) is 13.1. The Balaban J connectivity index is 0.00000221. The first-order chi connectivity index (χ1) is 23.4. The molecule has 48 heavy (non-hydrogen) atoms. The number of nitrogens with zero attached hydrogens (tertiary/aromatic N) is 3. The van der Waals surface area contributed by atoms with Gasteiger partial charge in [-0.3, -0.25) is 9.88 Å². The number of aryl methyl sites for hydroxylation is 1. The molecule has 6 nitrogen and oxygen atoms in total. The molecular formula is C40H47Cl2N5O. The number of rotatable bonds is 11. The number of pyridine rings is 2. The van der Waals surface area contributed by atoms with E-state index in [0.717, 1.165) is 96.0 Å². The molecule has 0 bridgehead atoms. The summed E-state index contributed by atoms with van der Waals surface area (Å²) < 4.78 is 5.70. The van der Waals surface area contributed by atoms with Crippen molar-refractivity contribution in [2.45, 2.75) is 64.6 Å². The number of likely N-dealkylation sites (tertiary alicyclic amines) is 1. The van der Waals surface area contributed by atoms with Crippen molar-refractivity contribution in [1.29, 1.82) is 0 Å². The number of halogens is 2. The van der Waals surface area contributed by atoms with Crippen molar-refractivity contribution in [3.8, 4) is 39.5 Å².